The van der Waals surface area contributed by atoms with E-state index in [4.69, 9.17) is 9.47 Å². The van der Waals surface area contributed by atoms with Gasteiger partial charge in [-0.05, 0) is 49.4 Å². The summed E-state index contributed by atoms with van der Waals surface area (Å²) in [6, 6.07) is 7.67. The predicted octanol–water partition coefficient (Wildman–Crippen LogP) is 4.15. The Balaban J connectivity index is 1.18. The standard InChI is InChI=1S/C24H22F2N4O3/c25-18-8-14(9-19(26)23(18)33-17-5-6-27-20(10-17)15-3-4-15)13-32-21-11-22-29-7-1-2-16(29)12-30(22)24(31)28-21/h5-6,8-11,15-16H,1-4,7,12-13H2. The Hall–Kier alpha value is -3.49. The molecule has 1 saturated heterocycles. The van der Waals surface area contributed by atoms with E-state index in [9.17, 15) is 13.6 Å². The summed E-state index contributed by atoms with van der Waals surface area (Å²) in [6.45, 7) is 1.40. The van der Waals surface area contributed by atoms with Gasteiger partial charge >= 0.3 is 5.69 Å². The summed E-state index contributed by atoms with van der Waals surface area (Å²) in [4.78, 5) is 22.8. The summed E-state index contributed by atoms with van der Waals surface area (Å²) < 4.78 is 42.1. The molecule has 33 heavy (non-hydrogen) atoms. The molecule has 1 aromatic carbocycles. The zero-order valence-electron chi connectivity index (χ0n) is 17.8. The molecule has 1 atom stereocenters. The number of pyridine rings is 1. The number of anilines is 1. The van der Waals surface area contributed by atoms with Crippen LogP contribution in [0, 0.1) is 11.6 Å². The van der Waals surface area contributed by atoms with Gasteiger partial charge in [-0.1, -0.05) is 0 Å². The van der Waals surface area contributed by atoms with Crippen molar-refractivity contribution in [3.63, 3.8) is 0 Å². The van der Waals surface area contributed by atoms with Crippen LogP contribution in [-0.2, 0) is 13.2 Å². The molecule has 0 bridgehead atoms. The van der Waals surface area contributed by atoms with E-state index in [1.54, 1.807) is 29.0 Å². The van der Waals surface area contributed by atoms with Crippen LogP contribution in [0.15, 0.2) is 41.3 Å². The molecule has 3 aliphatic rings. The minimum Gasteiger partial charge on any atom is -0.473 e. The lowest BCUT2D eigenvalue weighted by Gasteiger charge is -2.17. The van der Waals surface area contributed by atoms with E-state index in [1.165, 1.54) is 0 Å². The number of halogens is 2. The van der Waals surface area contributed by atoms with E-state index < -0.39 is 17.4 Å². The van der Waals surface area contributed by atoms with Crippen molar-refractivity contribution in [2.75, 3.05) is 11.4 Å². The summed E-state index contributed by atoms with van der Waals surface area (Å²) >= 11 is 0. The van der Waals surface area contributed by atoms with Crippen LogP contribution in [0.5, 0.6) is 17.4 Å². The van der Waals surface area contributed by atoms with Gasteiger partial charge in [0.2, 0.25) is 5.88 Å². The molecule has 170 valence electrons. The Kier molecular flexibility index (Phi) is 4.78. The molecule has 9 heteroatoms. The van der Waals surface area contributed by atoms with Gasteiger partial charge in [0.15, 0.2) is 17.4 Å². The summed E-state index contributed by atoms with van der Waals surface area (Å²) in [5.74, 6) is -0.459. The monoisotopic (exact) mass is 452 g/mol. The van der Waals surface area contributed by atoms with E-state index >= 15 is 0 Å². The van der Waals surface area contributed by atoms with E-state index in [-0.39, 0.29) is 23.7 Å². The van der Waals surface area contributed by atoms with Crippen LogP contribution < -0.4 is 20.1 Å². The first kappa shape index (κ1) is 20.1. The number of hydrogen-bond acceptors (Lipinski definition) is 6. The fourth-order valence-electron chi connectivity index (χ4n) is 4.66. The Labute approximate surface area is 188 Å². The van der Waals surface area contributed by atoms with Crippen LogP contribution in [0.25, 0.3) is 0 Å². The molecule has 0 amide bonds. The molecule has 6 rings (SSSR count). The topological polar surface area (TPSA) is 69.5 Å². The molecular weight excluding hydrogens is 430 g/mol. The zero-order chi connectivity index (χ0) is 22.5. The summed E-state index contributed by atoms with van der Waals surface area (Å²) in [5.41, 5.74) is 0.768. The van der Waals surface area contributed by atoms with Gasteiger partial charge < -0.3 is 14.4 Å². The van der Waals surface area contributed by atoms with Crippen molar-refractivity contribution in [2.45, 2.75) is 50.8 Å². The zero-order valence-corrected chi connectivity index (χ0v) is 17.8. The fourth-order valence-corrected chi connectivity index (χ4v) is 4.66. The van der Waals surface area contributed by atoms with Crippen LogP contribution in [0.3, 0.4) is 0 Å². The van der Waals surface area contributed by atoms with Crippen molar-refractivity contribution in [2.24, 2.45) is 0 Å². The number of benzene rings is 1. The quantitative estimate of drug-likeness (QED) is 0.560. The second kappa shape index (κ2) is 7.83. The van der Waals surface area contributed by atoms with Crippen LogP contribution in [0.1, 0.15) is 42.9 Å². The van der Waals surface area contributed by atoms with Crippen LogP contribution >= 0.6 is 0 Å². The SMILES string of the molecule is O=c1nc(OCc2cc(F)c(Oc3ccnc(C4CC4)c3)c(F)c2)cc2n1CC1CCCN21. The lowest BCUT2D eigenvalue weighted by molar-refractivity contribution is 0.289. The van der Waals surface area contributed by atoms with E-state index in [0.29, 0.717) is 24.3 Å². The second-order valence-electron chi connectivity index (χ2n) is 8.81. The van der Waals surface area contributed by atoms with Crippen molar-refractivity contribution >= 4 is 5.82 Å². The molecule has 0 spiro atoms. The van der Waals surface area contributed by atoms with Gasteiger partial charge in [0.1, 0.15) is 18.2 Å². The first-order chi connectivity index (χ1) is 16.0. The highest BCUT2D eigenvalue weighted by Crippen LogP contribution is 2.40. The molecule has 1 aliphatic carbocycles. The molecule has 1 saturated carbocycles. The average Bonchev–Trinajstić information content (AvgIpc) is 3.45. The third-order valence-corrected chi connectivity index (χ3v) is 6.44. The van der Waals surface area contributed by atoms with Crippen LogP contribution in [0.2, 0.25) is 0 Å². The van der Waals surface area contributed by atoms with Crippen molar-refractivity contribution < 1.29 is 18.3 Å². The minimum atomic E-state index is -0.833. The lowest BCUT2D eigenvalue weighted by Crippen LogP contribution is -2.24. The molecule has 0 radical (unpaired) electrons. The Morgan fingerprint density at radius 2 is 1.91 bits per heavy atom. The maximum absolute atomic E-state index is 14.7. The minimum absolute atomic E-state index is 0.130. The van der Waals surface area contributed by atoms with Crippen molar-refractivity contribution in [3.05, 3.63) is 69.9 Å². The molecule has 2 aromatic heterocycles. The van der Waals surface area contributed by atoms with Gasteiger partial charge in [-0.3, -0.25) is 9.55 Å². The third-order valence-electron chi connectivity index (χ3n) is 6.44. The highest BCUT2D eigenvalue weighted by atomic mass is 19.1. The lowest BCUT2D eigenvalue weighted by atomic mass is 10.2. The molecule has 0 N–H and O–H groups in total. The molecule has 3 aromatic rings. The second-order valence-corrected chi connectivity index (χ2v) is 8.81. The average molecular weight is 452 g/mol. The molecule has 2 aliphatic heterocycles. The van der Waals surface area contributed by atoms with E-state index in [0.717, 1.165) is 55.9 Å². The predicted molar refractivity (Wildman–Crippen MR) is 116 cm³/mol. The van der Waals surface area contributed by atoms with Gasteiger partial charge in [0.05, 0.1) is 0 Å². The number of hydrogen-bond donors (Lipinski definition) is 0. The Bertz CT molecular complexity index is 1270. The van der Waals surface area contributed by atoms with Crippen molar-refractivity contribution in [1.82, 2.24) is 14.5 Å². The van der Waals surface area contributed by atoms with Gasteiger partial charge in [0, 0.05) is 49.1 Å². The van der Waals surface area contributed by atoms with E-state index in [1.807, 2.05) is 0 Å². The maximum atomic E-state index is 14.7. The van der Waals surface area contributed by atoms with Gasteiger partial charge in [-0.15, -0.1) is 0 Å². The number of ether oxygens (including phenoxy) is 2. The summed E-state index contributed by atoms with van der Waals surface area (Å²) in [5, 5.41) is 0. The molecule has 4 heterocycles. The Morgan fingerprint density at radius 3 is 2.70 bits per heavy atom. The van der Waals surface area contributed by atoms with Gasteiger partial charge in [0.25, 0.3) is 0 Å². The smallest absolute Gasteiger partial charge is 0.352 e. The number of aromatic nitrogens is 3. The molecule has 1 unspecified atom stereocenters. The molecule has 2 fully saturated rings. The third kappa shape index (κ3) is 3.81. The highest BCUT2D eigenvalue weighted by Gasteiger charge is 2.34. The Morgan fingerprint density at radius 1 is 1.09 bits per heavy atom. The van der Waals surface area contributed by atoms with Crippen LogP contribution in [0.4, 0.5) is 14.6 Å². The fraction of sp³-hybridized carbons (Fsp3) is 0.375. The number of rotatable bonds is 6. The molecule has 7 nitrogen and oxygen atoms in total. The number of fused-ring (bicyclic) bond motifs is 3. The summed E-state index contributed by atoms with van der Waals surface area (Å²) in [7, 11) is 0. The molecular formula is C24H22F2N4O3. The largest absolute Gasteiger partial charge is 0.473 e. The van der Waals surface area contributed by atoms with Gasteiger partial charge in [-0.25, -0.2) is 13.6 Å². The number of nitrogens with zero attached hydrogens (tertiary/aromatic N) is 4. The maximum Gasteiger partial charge on any atom is 0.352 e. The summed E-state index contributed by atoms with van der Waals surface area (Å²) in [6.07, 6.45) is 5.85. The van der Waals surface area contributed by atoms with Gasteiger partial charge in [-0.2, -0.15) is 4.98 Å². The van der Waals surface area contributed by atoms with Crippen molar-refractivity contribution in [1.29, 1.82) is 0 Å². The van der Waals surface area contributed by atoms with Crippen LogP contribution in [-0.4, -0.2) is 27.1 Å². The first-order valence-electron chi connectivity index (χ1n) is 11.2. The van der Waals surface area contributed by atoms with E-state index in [2.05, 4.69) is 14.9 Å². The normalized spacial score (nSPS) is 18.8. The first-order valence-corrected chi connectivity index (χ1v) is 11.2. The van der Waals surface area contributed by atoms with Crippen molar-refractivity contribution in [3.8, 4) is 17.4 Å². The highest BCUT2D eigenvalue weighted by molar-refractivity contribution is 5.48.